The summed E-state index contributed by atoms with van der Waals surface area (Å²) < 4.78 is 50.1. The molecule has 1 rings (SSSR count). The topological polar surface area (TPSA) is 76.8 Å². The Labute approximate surface area is 93.6 Å². The number of nitrogens with two attached hydrogens (primary N) is 2. The minimum absolute atomic E-state index is 0.220. The molecule has 1 aromatic rings. The highest BCUT2D eigenvalue weighted by atomic mass is 19.4. The highest BCUT2D eigenvalue weighted by Crippen LogP contribution is 2.30. The lowest BCUT2D eigenvalue weighted by molar-refractivity contribution is -0.137. The molecule has 0 aliphatic rings. The largest absolute Gasteiger partial charge is 0.416 e. The molecule has 0 amide bonds. The molecule has 17 heavy (non-hydrogen) atoms. The summed E-state index contributed by atoms with van der Waals surface area (Å²) in [5, 5.41) is 6.46. The van der Waals surface area contributed by atoms with Crippen molar-refractivity contribution in [3.8, 4) is 0 Å². The maximum atomic E-state index is 13.0. The number of rotatable bonds is 2. The lowest BCUT2D eigenvalue weighted by Gasteiger charge is -2.08. The minimum atomic E-state index is -4.66. The summed E-state index contributed by atoms with van der Waals surface area (Å²) in [5.41, 5.74) is 8.81. The zero-order chi connectivity index (χ0) is 13.1. The molecule has 0 aliphatic heterocycles. The van der Waals surface area contributed by atoms with Crippen molar-refractivity contribution in [2.45, 2.75) is 6.18 Å². The van der Waals surface area contributed by atoms with Crippen LogP contribution in [0.25, 0.3) is 0 Å². The maximum Gasteiger partial charge on any atom is 0.416 e. The Kier molecular flexibility index (Phi) is 3.66. The lowest BCUT2D eigenvalue weighted by atomic mass is 10.1. The third-order valence-electron chi connectivity index (χ3n) is 1.75. The van der Waals surface area contributed by atoms with Crippen molar-refractivity contribution in [1.29, 1.82) is 0 Å². The van der Waals surface area contributed by atoms with Gasteiger partial charge in [-0.2, -0.15) is 13.2 Å². The van der Waals surface area contributed by atoms with Gasteiger partial charge in [-0.1, -0.05) is 0 Å². The molecular weight excluding hydrogens is 240 g/mol. The summed E-state index contributed by atoms with van der Waals surface area (Å²) in [6, 6.07) is 1.86. The van der Waals surface area contributed by atoms with Crippen molar-refractivity contribution in [2.75, 3.05) is 0 Å². The van der Waals surface area contributed by atoms with Gasteiger partial charge in [-0.05, 0) is 18.2 Å². The Morgan fingerprint density at radius 3 is 2.41 bits per heavy atom. The second-order valence-corrected chi connectivity index (χ2v) is 2.98. The summed E-state index contributed by atoms with van der Waals surface area (Å²) in [6.45, 7) is 0. The van der Waals surface area contributed by atoms with E-state index in [1.807, 2.05) is 0 Å². The van der Waals surface area contributed by atoms with E-state index >= 15 is 0 Å². The van der Waals surface area contributed by atoms with Crippen LogP contribution in [0.15, 0.2) is 28.4 Å². The molecule has 4 nitrogen and oxygen atoms in total. The van der Waals surface area contributed by atoms with Crippen molar-refractivity contribution in [3.63, 3.8) is 0 Å². The highest BCUT2D eigenvalue weighted by molar-refractivity contribution is 5.97. The van der Waals surface area contributed by atoms with Gasteiger partial charge >= 0.3 is 6.18 Å². The Morgan fingerprint density at radius 2 is 1.88 bits per heavy atom. The zero-order valence-electron chi connectivity index (χ0n) is 8.37. The molecule has 0 bridgehead atoms. The monoisotopic (exact) mass is 248 g/mol. The van der Waals surface area contributed by atoms with Crippen molar-refractivity contribution in [1.82, 2.24) is 0 Å². The number of amidine groups is 1. The molecule has 8 heteroatoms. The predicted molar refractivity (Wildman–Crippen MR) is 54.8 cm³/mol. The first-order valence-electron chi connectivity index (χ1n) is 4.29. The number of halogens is 4. The van der Waals surface area contributed by atoms with Crippen LogP contribution in [0.2, 0.25) is 0 Å². The Hall–Kier alpha value is -2.12. The molecular formula is C9H8F4N4. The molecule has 0 heterocycles. The highest BCUT2D eigenvalue weighted by Gasteiger charge is 2.31. The quantitative estimate of drug-likeness (QED) is 0.359. The van der Waals surface area contributed by atoms with Crippen LogP contribution in [0, 0.1) is 5.82 Å². The first kappa shape index (κ1) is 12.9. The van der Waals surface area contributed by atoms with E-state index in [4.69, 9.17) is 11.5 Å². The molecule has 4 N–H and O–H groups in total. The predicted octanol–water partition coefficient (Wildman–Crippen LogP) is 1.45. The van der Waals surface area contributed by atoms with E-state index in [0.717, 1.165) is 12.4 Å². The Morgan fingerprint density at radius 1 is 1.24 bits per heavy atom. The van der Waals surface area contributed by atoms with Crippen molar-refractivity contribution in [3.05, 3.63) is 35.1 Å². The molecule has 1 aromatic carbocycles. The van der Waals surface area contributed by atoms with Gasteiger partial charge in [0.2, 0.25) is 0 Å². The van der Waals surface area contributed by atoms with Gasteiger partial charge in [0, 0.05) is 5.56 Å². The molecule has 0 saturated carbocycles. The number of hydrogen-bond acceptors (Lipinski definition) is 2. The van der Waals surface area contributed by atoms with Gasteiger partial charge < -0.3 is 11.5 Å². The fourth-order valence-corrected chi connectivity index (χ4v) is 1.05. The van der Waals surface area contributed by atoms with Crippen LogP contribution in [0.4, 0.5) is 17.6 Å². The summed E-state index contributed by atoms with van der Waals surface area (Å²) in [7, 11) is 0. The maximum absolute atomic E-state index is 13.0. The molecule has 0 spiro atoms. The summed E-state index contributed by atoms with van der Waals surface area (Å²) in [5.74, 6) is -1.43. The van der Waals surface area contributed by atoms with Gasteiger partial charge in [-0.3, -0.25) is 0 Å². The van der Waals surface area contributed by atoms with Gasteiger partial charge in [0.05, 0.1) is 5.56 Å². The molecule has 0 aromatic heterocycles. The Balaban J connectivity index is 3.23. The molecule has 92 valence electrons. The lowest BCUT2D eigenvalue weighted by Crippen LogP contribution is -2.15. The van der Waals surface area contributed by atoms with Crippen LogP contribution in [-0.2, 0) is 6.18 Å². The van der Waals surface area contributed by atoms with Crippen LogP contribution in [-0.4, -0.2) is 12.2 Å². The first-order chi connectivity index (χ1) is 7.84. The fourth-order valence-electron chi connectivity index (χ4n) is 1.05. The normalized spacial score (nSPS) is 13.3. The van der Waals surface area contributed by atoms with Crippen molar-refractivity contribution >= 4 is 12.2 Å². The number of benzene rings is 1. The Bertz CT molecular complexity index is 465. The third-order valence-corrected chi connectivity index (χ3v) is 1.75. The van der Waals surface area contributed by atoms with Crippen LogP contribution < -0.4 is 11.5 Å². The second-order valence-electron chi connectivity index (χ2n) is 2.98. The van der Waals surface area contributed by atoms with E-state index in [0.29, 0.717) is 12.1 Å². The third kappa shape index (κ3) is 3.44. The van der Waals surface area contributed by atoms with Crippen molar-refractivity contribution < 1.29 is 17.6 Å². The second kappa shape index (κ2) is 4.81. The summed E-state index contributed by atoms with van der Waals surface area (Å²) >= 11 is 0. The van der Waals surface area contributed by atoms with Crippen LogP contribution in [0.5, 0.6) is 0 Å². The van der Waals surface area contributed by atoms with Crippen molar-refractivity contribution in [2.24, 2.45) is 21.7 Å². The van der Waals surface area contributed by atoms with E-state index in [-0.39, 0.29) is 11.4 Å². The van der Waals surface area contributed by atoms with Crippen LogP contribution in [0.1, 0.15) is 11.1 Å². The van der Waals surface area contributed by atoms with Crippen LogP contribution >= 0.6 is 0 Å². The van der Waals surface area contributed by atoms with Gasteiger partial charge in [0.1, 0.15) is 12.2 Å². The van der Waals surface area contributed by atoms with Crippen LogP contribution in [0.3, 0.4) is 0 Å². The smallest absolute Gasteiger partial charge is 0.388 e. The summed E-state index contributed by atoms with van der Waals surface area (Å²) in [6.07, 6.45) is -3.86. The van der Waals surface area contributed by atoms with E-state index in [1.165, 1.54) is 0 Å². The average molecular weight is 248 g/mol. The zero-order valence-corrected chi connectivity index (χ0v) is 8.37. The SMILES string of the molecule is N/C=N\N=C(/N)c1cc(F)cc(C(F)(F)F)c1. The summed E-state index contributed by atoms with van der Waals surface area (Å²) in [4.78, 5) is 0. The van der Waals surface area contributed by atoms with Gasteiger partial charge in [0.25, 0.3) is 0 Å². The van der Waals surface area contributed by atoms with E-state index in [2.05, 4.69) is 10.2 Å². The molecule has 0 fully saturated rings. The molecule has 0 aliphatic carbocycles. The number of nitrogens with zero attached hydrogens (tertiary/aromatic N) is 2. The molecule has 0 saturated heterocycles. The number of alkyl halides is 3. The van der Waals surface area contributed by atoms with Gasteiger partial charge in [-0.15, -0.1) is 10.2 Å². The van der Waals surface area contributed by atoms with E-state index in [9.17, 15) is 17.6 Å². The van der Waals surface area contributed by atoms with Gasteiger partial charge in [-0.25, -0.2) is 4.39 Å². The van der Waals surface area contributed by atoms with Gasteiger partial charge in [0.15, 0.2) is 5.84 Å². The van der Waals surface area contributed by atoms with E-state index in [1.54, 1.807) is 0 Å². The molecule has 0 atom stereocenters. The molecule has 0 radical (unpaired) electrons. The molecule has 0 unspecified atom stereocenters. The van der Waals surface area contributed by atoms with E-state index < -0.39 is 17.6 Å². The number of hydrogen-bond donors (Lipinski definition) is 2. The average Bonchev–Trinajstić information content (AvgIpc) is 2.23. The minimum Gasteiger partial charge on any atom is -0.388 e. The standard InChI is InChI=1S/C9H8F4N4/c10-7-2-5(8(15)17-16-4-14)1-6(3-7)9(11,12)13/h1-4H,(H2,14,16)(H2,15,17). The first-order valence-corrected chi connectivity index (χ1v) is 4.29. The fraction of sp³-hybridized carbons (Fsp3) is 0.111.